The molecule has 0 spiro atoms. The molecule has 0 atom stereocenters. The predicted molar refractivity (Wildman–Crippen MR) is 109 cm³/mol. The highest BCUT2D eigenvalue weighted by Gasteiger charge is 1.95. The minimum atomic E-state index is 1.26. The number of unbranched alkanes of at least 4 members (excludes halogenated alkanes) is 11. The number of benzene rings is 1. The fourth-order valence-corrected chi connectivity index (χ4v) is 3.79. The molecule has 1 heteroatoms. The van der Waals surface area contributed by atoms with E-state index in [1.165, 1.54) is 101 Å². The Labute approximate surface area is 149 Å². The number of rotatable bonds is 16. The van der Waals surface area contributed by atoms with Crippen molar-refractivity contribution in [3.63, 3.8) is 0 Å². The molecule has 0 aliphatic carbocycles. The normalized spacial score (nSPS) is 11.0. The molecule has 0 amide bonds. The molecule has 0 saturated heterocycles. The summed E-state index contributed by atoms with van der Waals surface area (Å²) in [6, 6.07) is 10.9. The van der Waals surface area contributed by atoms with Crippen molar-refractivity contribution in [2.45, 2.75) is 90.4 Å². The lowest BCUT2D eigenvalue weighted by Crippen LogP contribution is -1.86. The molecule has 0 heterocycles. The summed E-state index contributed by atoms with van der Waals surface area (Å²) in [5, 5.41) is 0. The van der Waals surface area contributed by atoms with Crippen LogP contribution >= 0.6 is 11.8 Å². The number of thioether (sulfide) groups is 1. The molecule has 0 nitrogen and oxygen atoms in total. The van der Waals surface area contributed by atoms with E-state index in [9.17, 15) is 0 Å². The highest BCUT2D eigenvalue weighted by atomic mass is 32.2. The van der Waals surface area contributed by atoms with E-state index in [4.69, 9.17) is 0 Å². The van der Waals surface area contributed by atoms with Crippen molar-refractivity contribution in [1.82, 2.24) is 0 Å². The fraction of sp³-hybridized carbons (Fsp3) is 0.727. The Bertz CT molecular complexity index is 333. The van der Waals surface area contributed by atoms with Gasteiger partial charge in [0.05, 0.1) is 0 Å². The van der Waals surface area contributed by atoms with Crippen LogP contribution in [0.4, 0.5) is 0 Å². The van der Waals surface area contributed by atoms with Crippen molar-refractivity contribution >= 4 is 11.8 Å². The van der Waals surface area contributed by atoms with Crippen LogP contribution in [0, 0.1) is 0 Å². The Hall–Kier alpha value is -0.430. The van der Waals surface area contributed by atoms with E-state index in [2.05, 4.69) is 49.0 Å². The topological polar surface area (TPSA) is 0 Å². The van der Waals surface area contributed by atoms with Crippen molar-refractivity contribution in [3.8, 4) is 0 Å². The fourth-order valence-electron chi connectivity index (χ4n) is 3.09. The largest absolute Gasteiger partial charge is 0.162 e. The second kappa shape index (κ2) is 16.4. The summed E-state index contributed by atoms with van der Waals surface area (Å²) in [4.78, 5) is 0. The van der Waals surface area contributed by atoms with Crippen LogP contribution < -0.4 is 0 Å². The van der Waals surface area contributed by atoms with Crippen LogP contribution in [0.3, 0.4) is 0 Å². The first kappa shape index (κ1) is 20.6. The summed E-state index contributed by atoms with van der Waals surface area (Å²) in [7, 11) is 0. The van der Waals surface area contributed by atoms with Crippen molar-refractivity contribution in [2.75, 3.05) is 11.5 Å². The molecule has 0 radical (unpaired) electrons. The molecule has 0 aromatic heterocycles. The summed E-state index contributed by atoms with van der Waals surface area (Å²) in [5.74, 6) is 2.66. The Morgan fingerprint density at radius 3 is 1.61 bits per heavy atom. The van der Waals surface area contributed by atoms with Gasteiger partial charge in [-0.05, 0) is 36.3 Å². The van der Waals surface area contributed by atoms with E-state index in [1.807, 2.05) is 0 Å². The van der Waals surface area contributed by atoms with Gasteiger partial charge < -0.3 is 0 Å². The van der Waals surface area contributed by atoms with Crippen LogP contribution in [0.5, 0.6) is 0 Å². The van der Waals surface area contributed by atoms with Crippen LogP contribution in [-0.4, -0.2) is 11.5 Å². The summed E-state index contributed by atoms with van der Waals surface area (Å²) in [6.07, 6.45) is 18.6. The van der Waals surface area contributed by atoms with Gasteiger partial charge in [-0.2, -0.15) is 11.8 Å². The molecule has 1 aromatic carbocycles. The molecule has 0 fully saturated rings. The van der Waals surface area contributed by atoms with Crippen LogP contribution in [0.2, 0.25) is 0 Å². The molecule has 0 aliphatic heterocycles. The molecule has 0 aliphatic rings. The van der Waals surface area contributed by atoms with E-state index >= 15 is 0 Å². The quantitative estimate of drug-likeness (QED) is 0.279. The molecular formula is C22H38S. The van der Waals surface area contributed by atoms with Gasteiger partial charge in [-0.15, -0.1) is 0 Å². The van der Waals surface area contributed by atoms with Crippen molar-refractivity contribution in [2.24, 2.45) is 0 Å². The zero-order valence-electron chi connectivity index (χ0n) is 15.4. The highest BCUT2D eigenvalue weighted by molar-refractivity contribution is 7.99. The van der Waals surface area contributed by atoms with E-state index in [-0.39, 0.29) is 0 Å². The summed E-state index contributed by atoms with van der Waals surface area (Å²) < 4.78 is 0. The van der Waals surface area contributed by atoms with Crippen LogP contribution in [0.1, 0.15) is 89.5 Å². The molecule has 1 rings (SSSR count). The van der Waals surface area contributed by atoms with Gasteiger partial charge in [0.25, 0.3) is 0 Å². The molecule has 0 unspecified atom stereocenters. The molecule has 0 N–H and O–H groups in total. The molecule has 0 saturated carbocycles. The van der Waals surface area contributed by atoms with Gasteiger partial charge in [-0.25, -0.2) is 0 Å². The summed E-state index contributed by atoms with van der Waals surface area (Å²) >= 11 is 2.09. The first-order valence-electron chi connectivity index (χ1n) is 10.0. The molecule has 0 bridgehead atoms. The molecular weight excluding hydrogens is 296 g/mol. The maximum absolute atomic E-state index is 2.26. The Morgan fingerprint density at radius 2 is 1.09 bits per heavy atom. The average Bonchev–Trinajstić information content (AvgIpc) is 2.59. The maximum Gasteiger partial charge on any atom is -0.00676 e. The third kappa shape index (κ3) is 13.7. The van der Waals surface area contributed by atoms with Gasteiger partial charge in [0, 0.05) is 0 Å². The molecule has 23 heavy (non-hydrogen) atoms. The monoisotopic (exact) mass is 334 g/mol. The molecule has 132 valence electrons. The van der Waals surface area contributed by atoms with Crippen molar-refractivity contribution in [3.05, 3.63) is 35.9 Å². The van der Waals surface area contributed by atoms with Crippen LogP contribution in [0.25, 0.3) is 0 Å². The van der Waals surface area contributed by atoms with Gasteiger partial charge in [0.2, 0.25) is 0 Å². The third-order valence-corrected chi connectivity index (χ3v) is 5.54. The van der Waals surface area contributed by atoms with Gasteiger partial charge >= 0.3 is 0 Å². The minimum absolute atomic E-state index is 1.26. The van der Waals surface area contributed by atoms with E-state index in [0.717, 1.165) is 0 Å². The highest BCUT2D eigenvalue weighted by Crippen LogP contribution is 2.14. The van der Waals surface area contributed by atoms with Gasteiger partial charge in [0.1, 0.15) is 0 Å². The summed E-state index contributed by atoms with van der Waals surface area (Å²) in [5.41, 5.74) is 1.50. The Kier molecular flexibility index (Phi) is 14.7. The maximum atomic E-state index is 2.26. The molecule has 1 aromatic rings. The number of aryl methyl sites for hydroxylation is 1. The Balaban J connectivity index is 1.72. The smallest absolute Gasteiger partial charge is 0.00676 e. The van der Waals surface area contributed by atoms with Gasteiger partial charge in [-0.1, -0.05) is 101 Å². The standard InChI is InChI=1S/C22H38S/c1-2-23-21-17-12-10-8-6-4-3-5-7-9-11-14-18-22-19-15-13-16-20-22/h13,15-16,19-20H,2-12,14,17-18,21H2,1H3. The van der Waals surface area contributed by atoms with E-state index in [1.54, 1.807) is 0 Å². The predicted octanol–water partition coefficient (Wildman–Crippen LogP) is 7.66. The van der Waals surface area contributed by atoms with Gasteiger partial charge in [0.15, 0.2) is 0 Å². The lowest BCUT2D eigenvalue weighted by molar-refractivity contribution is 0.544. The SMILES string of the molecule is CCSCCCCCCCCCCCCCCc1ccccc1. The van der Waals surface area contributed by atoms with E-state index < -0.39 is 0 Å². The van der Waals surface area contributed by atoms with Crippen molar-refractivity contribution < 1.29 is 0 Å². The minimum Gasteiger partial charge on any atom is -0.162 e. The van der Waals surface area contributed by atoms with Crippen molar-refractivity contribution in [1.29, 1.82) is 0 Å². The summed E-state index contributed by atoms with van der Waals surface area (Å²) in [6.45, 7) is 2.26. The first-order chi connectivity index (χ1) is 11.4. The second-order valence-corrected chi connectivity index (χ2v) is 8.07. The lowest BCUT2D eigenvalue weighted by atomic mass is 10.0. The third-order valence-electron chi connectivity index (χ3n) is 4.55. The lowest BCUT2D eigenvalue weighted by Gasteiger charge is -2.04. The van der Waals surface area contributed by atoms with Gasteiger partial charge in [-0.3, -0.25) is 0 Å². The van der Waals surface area contributed by atoms with Crippen LogP contribution in [-0.2, 0) is 6.42 Å². The van der Waals surface area contributed by atoms with E-state index in [0.29, 0.717) is 0 Å². The zero-order chi connectivity index (χ0) is 16.4. The van der Waals surface area contributed by atoms with Crippen LogP contribution in [0.15, 0.2) is 30.3 Å². The number of hydrogen-bond acceptors (Lipinski definition) is 1. The average molecular weight is 335 g/mol. The Morgan fingerprint density at radius 1 is 0.609 bits per heavy atom. The zero-order valence-corrected chi connectivity index (χ0v) is 16.2. The first-order valence-corrected chi connectivity index (χ1v) is 11.2. The second-order valence-electron chi connectivity index (χ2n) is 6.68. The number of hydrogen-bond donors (Lipinski definition) is 0.